The van der Waals surface area contributed by atoms with Gasteiger partial charge in [-0.3, -0.25) is 14.9 Å². The van der Waals surface area contributed by atoms with E-state index < -0.39 is 0 Å². The van der Waals surface area contributed by atoms with Crippen molar-refractivity contribution in [2.45, 2.75) is 39.3 Å². The molecule has 5 rings (SSSR count). The van der Waals surface area contributed by atoms with Crippen LogP contribution >= 0.6 is 0 Å². The first-order valence-corrected chi connectivity index (χ1v) is 12.4. The third-order valence-corrected chi connectivity index (χ3v) is 6.35. The Balaban J connectivity index is 1.60. The number of benzene rings is 2. The third-order valence-electron chi connectivity index (χ3n) is 6.35. The zero-order chi connectivity index (χ0) is 24.9. The number of hydrogen-bond acceptors (Lipinski definition) is 5. The second-order valence-electron chi connectivity index (χ2n) is 8.76. The minimum atomic E-state index is -0.335. The number of rotatable bonds is 10. The normalized spacial score (nSPS) is 14.7. The van der Waals surface area contributed by atoms with Gasteiger partial charge in [0.25, 0.3) is 5.91 Å². The number of H-pyrrole nitrogens is 1. The fourth-order valence-corrected chi connectivity index (χ4v) is 4.62. The largest absolute Gasteiger partial charge is 0.490 e. The van der Waals surface area contributed by atoms with E-state index in [4.69, 9.17) is 9.47 Å². The molecule has 36 heavy (non-hydrogen) atoms. The third kappa shape index (κ3) is 4.56. The highest BCUT2D eigenvalue weighted by atomic mass is 16.5. The summed E-state index contributed by atoms with van der Waals surface area (Å²) in [4.78, 5) is 19.7. The molecule has 0 fully saturated rings. The van der Waals surface area contributed by atoms with Crippen LogP contribution in [0.2, 0.25) is 0 Å². The minimum absolute atomic E-state index is 0.0808. The molecule has 3 heterocycles. The Morgan fingerprint density at radius 2 is 1.78 bits per heavy atom. The molecule has 2 aromatic carbocycles. The van der Waals surface area contributed by atoms with Crippen molar-refractivity contribution in [3.8, 4) is 22.8 Å². The Labute approximate surface area is 211 Å². The number of nitrogens with zero attached hydrogens (tertiary/aromatic N) is 3. The molecular weight excluding hydrogens is 452 g/mol. The maximum Gasteiger partial charge on any atom is 0.273 e. The van der Waals surface area contributed by atoms with Crippen LogP contribution in [0, 0.1) is 0 Å². The van der Waals surface area contributed by atoms with Crippen molar-refractivity contribution in [1.82, 2.24) is 20.1 Å². The van der Waals surface area contributed by atoms with E-state index in [0.717, 1.165) is 46.5 Å². The maximum absolute atomic E-state index is 13.7. The van der Waals surface area contributed by atoms with Crippen LogP contribution < -0.4 is 9.47 Å². The number of pyridine rings is 1. The first-order valence-electron chi connectivity index (χ1n) is 12.4. The standard InChI is InChI=1S/C29H30N4O3/c1-3-5-17-36-23-12-11-22(18-24(23)35-4-2)28-25-26(21-9-7-6-8-10-21)31-32-27(25)29(34)33(28)19-20-13-15-30-16-14-20/h6-16,18,28H,3-5,17,19H2,1-2H3,(H,31,32). The van der Waals surface area contributed by atoms with Crippen LogP contribution in [0.25, 0.3) is 11.3 Å². The molecule has 2 aromatic heterocycles. The maximum atomic E-state index is 13.7. The number of amides is 1. The van der Waals surface area contributed by atoms with Crippen LogP contribution in [0.1, 0.15) is 59.9 Å². The molecule has 1 aliphatic rings. The molecule has 7 nitrogen and oxygen atoms in total. The lowest BCUT2D eigenvalue weighted by molar-refractivity contribution is 0.0729. The molecule has 0 saturated carbocycles. The summed E-state index contributed by atoms with van der Waals surface area (Å²) < 4.78 is 12.0. The van der Waals surface area contributed by atoms with Gasteiger partial charge in [-0.15, -0.1) is 0 Å². The number of ether oxygens (including phenoxy) is 2. The highest BCUT2D eigenvalue weighted by molar-refractivity contribution is 6.00. The molecule has 1 atom stereocenters. The van der Waals surface area contributed by atoms with Crippen LogP contribution in [0.4, 0.5) is 0 Å². The molecule has 1 aliphatic heterocycles. The summed E-state index contributed by atoms with van der Waals surface area (Å²) in [7, 11) is 0. The van der Waals surface area contributed by atoms with E-state index in [2.05, 4.69) is 22.1 Å². The van der Waals surface area contributed by atoms with E-state index in [1.807, 2.05) is 72.5 Å². The number of aromatic nitrogens is 3. The summed E-state index contributed by atoms with van der Waals surface area (Å²) in [6.07, 6.45) is 5.53. The number of fused-ring (bicyclic) bond motifs is 1. The molecule has 0 aliphatic carbocycles. The molecular formula is C29H30N4O3. The van der Waals surface area contributed by atoms with Gasteiger partial charge in [0.05, 0.1) is 24.9 Å². The second kappa shape index (κ2) is 10.6. The van der Waals surface area contributed by atoms with E-state index >= 15 is 0 Å². The summed E-state index contributed by atoms with van der Waals surface area (Å²) in [6.45, 7) is 5.69. The average molecular weight is 483 g/mol. The van der Waals surface area contributed by atoms with Crippen molar-refractivity contribution >= 4 is 5.91 Å². The predicted octanol–water partition coefficient (Wildman–Crippen LogP) is 5.79. The molecule has 0 saturated heterocycles. The number of hydrogen-bond donors (Lipinski definition) is 1. The van der Waals surface area contributed by atoms with Crippen LogP contribution in [0.5, 0.6) is 11.5 Å². The fourth-order valence-electron chi connectivity index (χ4n) is 4.62. The van der Waals surface area contributed by atoms with E-state index in [9.17, 15) is 4.79 Å². The molecule has 184 valence electrons. The Morgan fingerprint density at radius 3 is 2.53 bits per heavy atom. The predicted molar refractivity (Wildman–Crippen MR) is 138 cm³/mol. The number of unbranched alkanes of at least 4 members (excludes halogenated alkanes) is 1. The SMILES string of the molecule is CCCCOc1ccc(C2c3c(-c4ccccc4)n[nH]c3C(=O)N2Cc2ccncc2)cc1OCC. The van der Waals surface area contributed by atoms with Gasteiger partial charge in [-0.05, 0) is 48.7 Å². The van der Waals surface area contributed by atoms with Crippen molar-refractivity contribution in [2.24, 2.45) is 0 Å². The summed E-state index contributed by atoms with van der Waals surface area (Å²) in [6, 6.07) is 19.5. The molecule has 1 N–H and O–H groups in total. The van der Waals surface area contributed by atoms with Crippen molar-refractivity contribution < 1.29 is 14.3 Å². The summed E-state index contributed by atoms with van der Waals surface area (Å²) in [5, 5.41) is 7.59. The zero-order valence-corrected chi connectivity index (χ0v) is 20.6. The van der Waals surface area contributed by atoms with Crippen LogP contribution in [-0.2, 0) is 6.54 Å². The fraction of sp³-hybridized carbons (Fsp3) is 0.276. The number of aromatic amines is 1. The Hall–Kier alpha value is -4.13. The van der Waals surface area contributed by atoms with Gasteiger partial charge in [0.1, 0.15) is 5.69 Å². The zero-order valence-electron chi connectivity index (χ0n) is 20.6. The van der Waals surface area contributed by atoms with Crippen LogP contribution in [0.15, 0.2) is 73.1 Å². The van der Waals surface area contributed by atoms with Crippen LogP contribution in [0.3, 0.4) is 0 Å². The second-order valence-corrected chi connectivity index (χ2v) is 8.76. The summed E-state index contributed by atoms with van der Waals surface area (Å²) >= 11 is 0. The van der Waals surface area contributed by atoms with E-state index in [0.29, 0.717) is 31.2 Å². The highest BCUT2D eigenvalue weighted by Crippen LogP contribution is 2.45. The molecule has 0 bridgehead atoms. The Bertz CT molecular complexity index is 1320. The molecule has 0 spiro atoms. The van der Waals surface area contributed by atoms with Gasteiger partial charge in [0, 0.05) is 30.1 Å². The van der Waals surface area contributed by atoms with E-state index in [1.54, 1.807) is 12.4 Å². The van der Waals surface area contributed by atoms with Crippen molar-refractivity contribution in [3.63, 3.8) is 0 Å². The molecule has 1 unspecified atom stereocenters. The van der Waals surface area contributed by atoms with Crippen molar-refractivity contribution in [2.75, 3.05) is 13.2 Å². The number of carbonyl (C=O) groups is 1. The average Bonchev–Trinajstić information content (AvgIpc) is 3.45. The molecule has 7 heteroatoms. The number of carbonyl (C=O) groups excluding carboxylic acids is 1. The molecule has 4 aromatic rings. The lowest BCUT2D eigenvalue weighted by Gasteiger charge is -2.27. The van der Waals surface area contributed by atoms with Gasteiger partial charge in [-0.25, -0.2) is 0 Å². The smallest absolute Gasteiger partial charge is 0.273 e. The van der Waals surface area contributed by atoms with Gasteiger partial charge >= 0.3 is 0 Å². The molecule has 1 amide bonds. The lowest BCUT2D eigenvalue weighted by Crippen LogP contribution is -2.29. The monoisotopic (exact) mass is 482 g/mol. The van der Waals surface area contributed by atoms with Gasteiger partial charge in [-0.1, -0.05) is 49.7 Å². The summed E-state index contributed by atoms with van der Waals surface area (Å²) in [5.41, 5.74) is 5.09. The van der Waals surface area contributed by atoms with E-state index in [1.165, 1.54) is 0 Å². The first-order chi connectivity index (χ1) is 17.7. The van der Waals surface area contributed by atoms with Crippen LogP contribution in [-0.4, -0.2) is 39.2 Å². The number of nitrogens with one attached hydrogen (secondary N) is 1. The topological polar surface area (TPSA) is 80.3 Å². The van der Waals surface area contributed by atoms with Gasteiger partial charge in [-0.2, -0.15) is 5.10 Å². The Kier molecular flexibility index (Phi) is 6.98. The first kappa shape index (κ1) is 23.6. The quantitative estimate of drug-likeness (QED) is 0.289. The van der Waals surface area contributed by atoms with Gasteiger partial charge < -0.3 is 14.4 Å². The van der Waals surface area contributed by atoms with E-state index in [-0.39, 0.29) is 11.9 Å². The van der Waals surface area contributed by atoms with Crippen molar-refractivity contribution in [1.29, 1.82) is 0 Å². The minimum Gasteiger partial charge on any atom is -0.490 e. The molecule has 0 radical (unpaired) electrons. The van der Waals surface area contributed by atoms with Gasteiger partial charge in [0.2, 0.25) is 0 Å². The highest BCUT2D eigenvalue weighted by Gasteiger charge is 2.42. The summed E-state index contributed by atoms with van der Waals surface area (Å²) in [5.74, 6) is 1.32. The van der Waals surface area contributed by atoms with Crippen molar-refractivity contribution in [3.05, 3.63) is 95.4 Å². The van der Waals surface area contributed by atoms with Gasteiger partial charge in [0.15, 0.2) is 11.5 Å². The lowest BCUT2D eigenvalue weighted by atomic mass is 9.95. The Morgan fingerprint density at radius 1 is 0.972 bits per heavy atom.